The van der Waals surface area contributed by atoms with Crippen LogP contribution in [0.3, 0.4) is 0 Å². The molecule has 3 aliphatic carbocycles. The van der Waals surface area contributed by atoms with Gasteiger partial charge in [-0.25, -0.2) is 14.6 Å². The Morgan fingerprint density at radius 1 is 1.00 bits per heavy atom. The maximum Gasteiger partial charge on any atom is 0.414 e. The SMILES string of the molecule is CO[C@]12CC[C@H](N=C(NC(=O)OC(C)(C)C)NC(=O)OC(C)(C)C)[C@@H]3OC4C(O)CCC5CC1N(C)CC[C@]32C54. The Morgan fingerprint density at radius 2 is 1.62 bits per heavy atom. The normalized spacial score (nSPS) is 40.5. The van der Waals surface area contributed by atoms with Gasteiger partial charge in [0.05, 0.1) is 30.0 Å². The molecule has 0 radical (unpaired) electrons. The highest BCUT2D eigenvalue weighted by atomic mass is 16.6. The summed E-state index contributed by atoms with van der Waals surface area (Å²) in [5.74, 6) is 0.576. The molecule has 2 saturated heterocycles. The summed E-state index contributed by atoms with van der Waals surface area (Å²) in [6.07, 6.45) is 2.43. The van der Waals surface area contributed by atoms with E-state index >= 15 is 0 Å². The minimum Gasteiger partial charge on any atom is -0.444 e. The molecule has 5 unspecified atom stereocenters. The predicted molar refractivity (Wildman–Crippen MR) is 148 cm³/mol. The summed E-state index contributed by atoms with van der Waals surface area (Å²) in [6.45, 7) is 11.5. The van der Waals surface area contributed by atoms with Gasteiger partial charge in [-0.15, -0.1) is 0 Å². The summed E-state index contributed by atoms with van der Waals surface area (Å²) >= 11 is 0. The number of carbonyl (C=O) groups excluding carboxylic acids is 2. The summed E-state index contributed by atoms with van der Waals surface area (Å²) in [5, 5.41) is 16.4. The Kier molecular flexibility index (Phi) is 7.46. The second-order valence-corrected chi connectivity index (χ2v) is 14.4. The monoisotopic (exact) mass is 564 g/mol. The van der Waals surface area contributed by atoms with Gasteiger partial charge in [0.2, 0.25) is 5.96 Å². The van der Waals surface area contributed by atoms with Crippen molar-refractivity contribution in [2.75, 3.05) is 20.7 Å². The Morgan fingerprint density at radius 3 is 2.20 bits per heavy atom. The number of nitrogens with one attached hydrogen (secondary N) is 2. The lowest BCUT2D eigenvalue weighted by Gasteiger charge is -2.69. The van der Waals surface area contributed by atoms with Gasteiger partial charge in [-0.3, -0.25) is 10.6 Å². The van der Waals surface area contributed by atoms with Gasteiger partial charge in [0.25, 0.3) is 0 Å². The first-order chi connectivity index (χ1) is 18.6. The standard InChI is InChI=1S/C29H48N4O7/c1-26(2,3)39-24(35)31-23(32-25(36)40-27(4,5)6)30-17-11-12-29(37-8)19-15-16-9-10-18(34)21-20(16)28(29,22(17)38-21)13-14-33(19)7/h16-22,34H,9-15H2,1-8H3,(H2,30,31,32,35,36)/t16?,17-,18?,19?,20?,21?,22-,28-,29+/m0/s1. The molecule has 0 aromatic rings. The highest BCUT2D eigenvalue weighted by Gasteiger charge is 2.78. The molecular weight excluding hydrogens is 516 g/mol. The lowest BCUT2D eigenvalue weighted by atomic mass is 9.42. The zero-order chi connectivity index (χ0) is 29.3. The molecule has 9 atom stereocenters. The number of methoxy groups -OCH3 is 1. The van der Waals surface area contributed by atoms with Crippen LogP contribution in [0.15, 0.2) is 4.99 Å². The number of carbonyl (C=O) groups is 2. The van der Waals surface area contributed by atoms with Gasteiger partial charge in [-0.2, -0.15) is 0 Å². The van der Waals surface area contributed by atoms with Crippen LogP contribution < -0.4 is 10.6 Å². The summed E-state index contributed by atoms with van der Waals surface area (Å²) in [6, 6.07) is -0.111. The van der Waals surface area contributed by atoms with E-state index in [1.807, 2.05) is 7.11 Å². The molecule has 0 aromatic heterocycles. The van der Waals surface area contributed by atoms with Crippen LogP contribution in [-0.4, -0.2) is 96.1 Å². The number of aliphatic hydroxyl groups excluding tert-OH is 1. The number of amides is 2. The van der Waals surface area contributed by atoms with Gasteiger partial charge in [-0.1, -0.05) is 0 Å². The third kappa shape index (κ3) is 4.90. The average Bonchev–Trinajstić information content (AvgIpc) is 3.17. The van der Waals surface area contributed by atoms with Crippen LogP contribution in [0, 0.1) is 17.3 Å². The van der Waals surface area contributed by atoms with E-state index in [9.17, 15) is 14.7 Å². The van der Waals surface area contributed by atoms with Gasteiger partial charge in [0, 0.05) is 24.5 Å². The quantitative estimate of drug-likeness (QED) is 0.344. The fraction of sp³-hybridized carbons (Fsp3) is 0.897. The Bertz CT molecular complexity index is 1010. The lowest BCUT2D eigenvalue weighted by molar-refractivity contribution is -0.267. The van der Waals surface area contributed by atoms with Crippen LogP contribution in [0.4, 0.5) is 9.59 Å². The highest BCUT2D eigenvalue weighted by molar-refractivity contribution is 6.01. The van der Waals surface area contributed by atoms with Crippen molar-refractivity contribution in [2.24, 2.45) is 22.2 Å². The number of hydrogen-bond acceptors (Lipinski definition) is 9. The Hall–Kier alpha value is -1.95. The second kappa shape index (κ2) is 10.1. The minimum absolute atomic E-state index is 0.0364. The smallest absolute Gasteiger partial charge is 0.414 e. The van der Waals surface area contributed by atoms with E-state index in [2.05, 4.69) is 22.6 Å². The third-order valence-electron chi connectivity index (χ3n) is 9.80. The van der Waals surface area contributed by atoms with Crippen molar-refractivity contribution in [3.8, 4) is 0 Å². The summed E-state index contributed by atoms with van der Waals surface area (Å²) in [7, 11) is 4.01. The number of aliphatic imine (C=N–C) groups is 1. The zero-order valence-electron chi connectivity index (χ0n) is 25.3. The van der Waals surface area contributed by atoms with E-state index in [1.165, 1.54) is 0 Å². The van der Waals surface area contributed by atoms with Crippen molar-refractivity contribution in [3.05, 3.63) is 0 Å². The van der Waals surface area contributed by atoms with Crippen LogP contribution in [-0.2, 0) is 18.9 Å². The van der Waals surface area contributed by atoms with Gasteiger partial charge < -0.3 is 29.0 Å². The molecule has 3 N–H and O–H groups in total. The molecule has 5 rings (SSSR count). The van der Waals surface area contributed by atoms with E-state index in [0.29, 0.717) is 12.3 Å². The van der Waals surface area contributed by atoms with E-state index in [-0.39, 0.29) is 41.6 Å². The average molecular weight is 565 g/mol. The fourth-order valence-corrected chi connectivity index (χ4v) is 8.72. The van der Waals surface area contributed by atoms with Gasteiger partial charge in [-0.05, 0) is 99.6 Å². The number of rotatable bonds is 2. The van der Waals surface area contributed by atoms with Crippen molar-refractivity contribution in [3.63, 3.8) is 0 Å². The number of guanidine groups is 1. The summed E-state index contributed by atoms with van der Waals surface area (Å²) in [4.78, 5) is 32.9. The lowest BCUT2D eigenvalue weighted by Crippen LogP contribution is -2.77. The highest BCUT2D eigenvalue weighted by Crippen LogP contribution is 2.70. The molecule has 2 amide bonds. The van der Waals surface area contributed by atoms with Crippen molar-refractivity contribution in [1.82, 2.24) is 15.5 Å². The molecule has 5 fully saturated rings. The number of likely N-dealkylation sites (tertiary alicyclic amines) is 1. The van der Waals surface area contributed by atoms with E-state index < -0.39 is 35.1 Å². The van der Waals surface area contributed by atoms with Gasteiger partial charge in [0.15, 0.2) is 0 Å². The molecule has 2 heterocycles. The van der Waals surface area contributed by atoms with E-state index in [4.69, 9.17) is 23.9 Å². The van der Waals surface area contributed by atoms with Crippen molar-refractivity contribution < 1.29 is 33.6 Å². The number of nitrogens with zero attached hydrogens (tertiary/aromatic N) is 2. The number of hydrogen-bond donors (Lipinski definition) is 3. The van der Waals surface area contributed by atoms with Crippen LogP contribution in [0.5, 0.6) is 0 Å². The third-order valence-corrected chi connectivity index (χ3v) is 9.80. The zero-order valence-corrected chi connectivity index (χ0v) is 25.3. The molecule has 226 valence electrons. The van der Waals surface area contributed by atoms with Crippen LogP contribution in [0.2, 0.25) is 0 Å². The molecular formula is C29H48N4O7. The van der Waals surface area contributed by atoms with Crippen LogP contribution in [0.25, 0.3) is 0 Å². The Labute approximate surface area is 237 Å². The molecule has 5 aliphatic rings. The first-order valence-corrected chi connectivity index (χ1v) is 14.8. The van der Waals surface area contributed by atoms with Crippen LogP contribution >= 0.6 is 0 Å². The molecule has 40 heavy (non-hydrogen) atoms. The fourth-order valence-electron chi connectivity index (χ4n) is 8.72. The first-order valence-electron chi connectivity index (χ1n) is 14.8. The second-order valence-electron chi connectivity index (χ2n) is 14.4. The Balaban J connectivity index is 1.52. The first kappa shape index (κ1) is 29.5. The molecule has 11 heteroatoms. The molecule has 11 nitrogen and oxygen atoms in total. The molecule has 0 aromatic carbocycles. The topological polar surface area (TPSA) is 131 Å². The van der Waals surface area contributed by atoms with Crippen molar-refractivity contribution in [1.29, 1.82) is 0 Å². The molecule has 1 spiro atoms. The van der Waals surface area contributed by atoms with Crippen LogP contribution in [0.1, 0.15) is 80.1 Å². The minimum atomic E-state index is -0.733. The van der Waals surface area contributed by atoms with E-state index in [0.717, 1.165) is 38.6 Å². The largest absolute Gasteiger partial charge is 0.444 e. The molecule has 3 saturated carbocycles. The number of ether oxygens (including phenoxy) is 4. The molecule has 2 bridgehead atoms. The van der Waals surface area contributed by atoms with Gasteiger partial charge in [0.1, 0.15) is 11.2 Å². The van der Waals surface area contributed by atoms with Crippen molar-refractivity contribution >= 4 is 18.1 Å². The number of aliphatic hydroxyl groups is 1. The number of alkyl carbamates (subject to hydrolysis) is 2. The predicted octanol–water partition coefficient (Wildman–Crippen LogP) is 3.19. The van der Waals surface area contributed by atoms with E-state index in [1.54, 1.807) is 41.5 Å². The summed E-state index contributed by atoms with van der Waals surface area (Å²) < 4.78 is 24.3. The maximum absolute atomic E-state index is 12.8. The van der Waals surface area contributed by atoms with Gasteiger partial charge >= 0.3 is 12.2 Å². The maximum atomic E-state index is 12.8. The molecule has 2 aliphatic heterocycles. The van der Waals surface area contributed by atoms with Crippen molar-refractivity contribution in [2.45, 2.75) is 127 Å². The number of likely N-dealkylation sites (N-methyl/N-ethyl adjacent to an activating group) is 1. The summed E-state index contributed by atoms with van der Waals surface area (Å²) in [5.41, 5.74) is -2.21. The number of piperidine rings is 1.